The molecule has 0 saturated heterocycles. The first-order chi connectivity index (χ1) is 17.1. The third-order valence-corrected chi connectivity index (χ3v) is 6.86. The predicted molar refractivity (Wildman–Crippen MR) is 150 cm³/mol. The fourth-order valence-electron chi connectivity index (χ4n) is 3.85. The van der Waals surface area contributed by atoms with Crippen LogP contribution in [0.3, 0.4) is 0 Å². The first-order valence-corrected chi connectivity index (χ1v) is 17.0. The van der Waals surface area contributed by atoms with Crippen LogP contribution in [0, 0.1) is 0 Å². The van der Waals surface area contributed by atoms with Gasteiger partial charge in [-0.05, 0) is 12.8 Å². The van der Waals surface area contributed by atoms with E-state index in [4.69, 9.17) is 0 Å². The molecule has 0 bridgehead atoms. The summed E-state index contributed by atoms with van der Waals surface area (Å²) in [6.07, 6.45) is 26.2. The molecule has 11 heteroatoms. The van der Waals surface area contributed by atoms with Crippen LogP contribution in [0.4, 0.5) is 0 Å². The van der Waals surface area contributed by atoms with Gasteiger partial charge in [0, 0.05) is 0 Å². The molecule has 0 aliphatic carbocycles. The van der Waals surface area contributed by atoms with Gasteiger partial charge in [0.05, 0.1) is 13.2 Å². The molecule has 37 heavy (non-hydrogen) atoms. The standard InChI is InChI=1S/C14H30O4S.C12H26O4S.Mg/c1-2-3-4-5-6-7-8-9-10-11-12-13-14-18-19(15,16)17;1-2-3-4-5-6-7-8-9-10-11-12-16-17(13,14)15;/h2-14H2,1H3,(H,15,16,17);2-12H2,1H3,(H,13,14,15);/q;;+2/p-2. The second-order valence-corrected chi connectivity index (χ2v) is 11.6. The van der Waals surface area contributed by atoms with Gasteiger partial charge in [0.1, 0.15) is 0 Å². The molecule has 0 heterocycles. The second kappa shape index (κ2) is 31.0. The molecule has 0 aromatic rings. The topological polar surface area (TPSA) is 133 Å². The summed E-state index contributed by atoms with van der Waals surface area (Å²) in [5.74, 6) is 0. The van der Waals surface area contributed by atoms with E-state index in [0.29, 0.717) is 12.8 Å². The van der Waals surface area contributed by atoms with Crippen LogP contribution in [-0.4, -0.2) is 62.2 Å². The molecule has 0 fully saturated rings. The molecule has 8 nitrogen and oxygen atoms in total. The zero-order chi connectivity index (χ0) is 27.4. The number of unbranched alkanes of at least 4 members (excludes halogenated alkanes) is 20. The van der Waals surface area contributed by atoms with E-state index in [2.05, 4.69) is 22.2 Å². The number of rotatable bonds is 26. The predicted octanol–water partition coefficient (Wildman–Crippen LogP) is 7.17. The fourth-order valence-corrected chi connectivity index (χ4v) is 4.50. The van der Waals surface area contributed by atoms with Crippen LogP contribution >= 0.6 is 0 Å². The van der Waals surface area contributed by atoms with Crippen molar-refractivity contribution in [3.63, 3.8) is 0 Å². The van der Waals surface area contributed by atoms with Crippen LogP contribution in [0.25, 0.3) is 0 Å². The zero-order valence-corrected chi connectivity index (χ0v) is 26.8. The first-order valence-electron chi connectivity index (χ1n) is 14.3. The van der Waals surface area contributed by atoms with Gasteiger partial charge in [-0.15, -0.1) is 0 Å². The molecule has 0 amide bonds. The molecule has 0 unspecified atom stereocenters. The Morgan fingerprint density at radius 1 is 0.405 bits per heavy atom. The zero-order valence-electron chi connectivity index (χ0n) is 23.8. The van der Waals surface area contributed by atoms with Gasteiger partial charge in [0.15, 0.2) is 0 Å². The monoisotopic (exact) mass is 582 g/mol. The maximum absolute atomic E-state index is 10.2. The van der Waals surface area contributed by atoms with E-state index >= 15 is 0 Å². The molecule has 0 atom stereocenters. The molecule has 220 valence electrons. The summed E-state index contributed by atoms with van der Waals surface area (Å²) in [6.45, 7) is 4.51. The van der Waals surface area contributed by atoms with Crippen LogP contribution in [0.1, 0.15) is 155 Å². The second-order valence-electron chi connectivity index (χ2n) is 9.53. The number of hydrogen-bond acceptors (Lipinski definition) is 8. The smallest absolute Gasteiger partial charge is 0.726 e. The molecular weight excluding hydrogens is 529 g/mol. The third kappa shape index (κ3) is 46.7. The molecule has 0 radical (unpaired) electrons. The van der Waals surface area contributed by atoms with Gasteiger partial charge in [-0.1, -0.05) is 142 Å². The van der Waals surface area contributed by atoms with Gasteiger partial charge in [-0.25, -0.2) is 16.8 Å². The summed E-state index contributed by atoms with van der Waals surface area (Å²) in [7, 11) is -8.97. The molecule has 0 saturated carbocycles. The average molecular weight is 583 g/mol. The minimum absolute atomic E-state index is 0. The maximum Gasteiger partial charge on any atom is 2.00 e. The molecular formula is C26H54MgO8S2. The van der Waals surface area contributed by atoms with Gasteiger partial charge < -0.3 is 9.11 Å². The molecule has 0 N–H and O–H groups in total. The first kappa shape index (κ1) is 42.0. The normalized spacial score (nSPS) is 11.6. The summed E-state index contributed by atoms with van der Waals surface area (Å²) >= 11 is 0. The van der Waals surface area contributed by atoms with E-state index in [-0.39, 0.29) is 36.3 Å². The van der Waals surface area contributed by atoms with Crippen molar-refractivity contribution in [1.29, 1.82) is 0 Å². The molecule has 0 rings (SSSR count). The van der Waals surface area contributed by atoms with Crippen LogP contribution < -0.4 is 0 Å². The summed E-state index contributed by atoms with van der Waals surface area (Å²) in [5, 5.41) is 0. The summed E-state index contributed by atoms with van der Waals surface area (Å²) in [5.41, 5.74) is 0. The SMILES string of the molecule is CCCCCCCCCCCCCCOS(=O)(=O)[O-].CCCCCCCCCCCCOS(=O)(=O)[O-].[Mg+2]. The Hall–Kier alpha value is 0.506. The number of hydrogen-bond donors (Lipinski definition) is 0. The quantitative estimate of drug-likeness (QED) is 0.0453. The van der Waals surface area contributed by atoms with Crippen molar-refractivity contribution in [2.75, 3.05) is 13.2 Å². The Bertz CT molecular complexity index is 643. The summed E-state index contributed by atoms with van der Waals surface area (Å²) in [6, 6.07) is 0. The summed E-state index contributed by atoms with van der Waals surface area (Å²) in [4.78, 5) is 0. The van der Waals surface area contributed by atoms with Crippen LogP contribution in [-0.2, 0) is 29.2 Å². The van der Waals surface area contributed by atoms with Crippen molar-refractivity contribution in [2.24, 2.45) is 0 Å². The molecule has 0 aromatic heterocycles. The van der Waals surface area contributed by atoms with Crippen molar-refractivity contribution < 1.29 is 34.3 Å². The van der Waals surface area contributed by atoms with E-state index in [1.54, 1.807) is 0 Å². The average Bonchev–Trinajstić information content (AvgIpc) is 2.79. The van der Waals surface area contributed by atoms with E-state index < -0.39 is 20.8 Å². The van der Waals surface area contributed by atoms with E-state index in [0.717, 1.165) is 25.7 Å². The Balaban J connectivity index is -0.000000612. The Kier molecular flexibility index (Phi) is 35.2. The van der Waals surface area contributed by atoms with Gasteiger partial charge >= 0.3 is 23.1 Å². The fraction of sp³-hybridized carbons (Fsp3) is 1.00. The molecule has 0 aliphatic heterocycles. The van der Waals surface area contributed by atoms with Crippen molar-refractivity contribution in [3.8, 4) is 0 Å². The maximum atomic E-state index is 10.2. The van der Waals surface area contributed by atoms with Crippen LogP contribution in [0.15, 0.2) is 0 Å². The molecule has 0 spiro atoms. The van der Waals surface area contributed by atoms with Crippen molar-refractivity contribution in [1.82, 2.24) is 0 Å². The van der Waals surface area contributed by atoms with Gasteiger partial charge in [-0.2, -0.15) is 0 Å². The molecule has 0 aromatic carbocycles. The Labute approximate surface area is 245 Å². The van der Waals surface area contributed by atoms with Crippen LogP contribution in [0.5, 0.6) is 0 Å². The van der Waals surface area contributed by atoms with Crippen molar-refractivity contribution >= 4 is 43.9 Å². The minimum Gasteiger partial charge on any atom is -0.726 e. The minimum atomic E-state index is -4.49. The Morgan fingerprint density at radius 3 is 0.784 bits per heavy atom. The molecule has 0 aliphatic rings. The van der Waals surface area contributed by atoms with E-state index in [1.807, 2.05) is 0 Å². The van der Waals surface area contributed by atoms with Crippen molar-refractivity contribution in [3.05, 3.63) is 0 Å². The van der Waals surface area contributed by atoms with E-state index in [1.165, 1.54) is 103 Å². The third-order valence-electron chi connectivity index (χ3n) is 5.95. The van der Waals surface area contributed by atoms with Gasteiger partial charge in [0.2, 0.25) is 20.8 Å². The van der Waals surface area contributed by atoms with Crippen molar-refractivity contribution in [2.45, 2.75) is 155 Å². The van der Waals surface area contributed by atoms with Gasteiger partial charge in [0.25, 0.3) is 0 Å². The van der Waals surface area contributed by atoms with E-state index in [9.17, 15) is 25.9 Å². The van der Waals surface area contributed by atoms with Gasteiger partial charge in [-0.3, -0.25) is 8.37 Å². The Morgan fingerprint density at radius 2 is 0.595 bits per heavy atom. The summed E-state index contributed by atoms with van der Waals surface area (Å²) < 4.78 is 69.1. The van der Waals surface area contributed by atoms with Crippen LogP contribution in [0.2, 0.25) is 0 Å². The largest absolute Gasteiger partial charge is 2.00 e.